The highest BCUT2D eigenvalue weighted by atomic mass is 16.7. The molecule has 2 aliphatic heterocycles. The van der Waals surface area contributed by atoms with Crippen molar-refractivity contribution >= 4 is 0 Å². The number of benzene rings is 2. The van der Waals surface area contributed by atoms with Gasteiger partial charge < -0.3 is 33.9 Å². The number of methoxy groups -OCH3 is 2. The Morgan fingerprint density at radius 1 is 0.960 bits per heavy atom. The van der Waals surface area contributed by atoms with E-state index in [2.05, 4.69) is 0 Å². The molecule has 2 aromatic carbocycles. The van der Waals surface area contributed by atoms with Crippen molar-refractivity contribution in [3.8, 4) is 40.2 Å². The number of phenolic OH excluding ortho intramolecular Hbond substituents is 2. The summed E-state index contributed by atoms with van der Waals surface area (Å²) < 4.78 is 27.0. The molecule has 0 saturated carbocycles. The third kappa shape index (κ3) is 2.43. The molecule has 0 amide bonds. The SMILES string of the molecule is COc1cc2c(cc1O)OC[C@@H](c1cc(OC)c3c(c1O)OCO3)C2. The molecule has 25 heavy (non-hydrogen) atoms. The van der Waals surface area contributed by atoms with Crippen molar-refractivity contribution in [2.75, 3.05) is 27.6 Å². The molecule has 0 unspecified atom stereocenters. The molecule has 0 bridgehead atoms. The Bertz CT molecular complexity index is 831. The van der Waals surface area contributed by atoms with E-state index in [1.165, 1.54) is 7.11 Å². The molecule has 0 fully saturated rings. The highest BCUT2D eigenvalue weighted by Crippen LogP contribution is 2.52. The number of hydrogen-bond donors (Lipinski definition) is 2. The summed E-state index contributed by atoms with van der Waals surface area (Å²) in [6, 6.07) is 5.04. The van der Waals surface area contributed by atoms with E-state index in [0.29, 0.717) is 47.3 Å². The first kappa shape index (κ1) is 15.6. The maximum absolute atomic E-state index is 10.6. The van der Waals surface area contributed by atoms with Crippen LogP contribution in [0, 0.1) is 0 Å². The lowest BCUT2D eigenvalue weighted by atomic mass is 9.89. The molecule has 1 atom stereocenters. The van der Waals surface area contributed by atoms with Gasteiger partial charge in [-0.25, -0.2) is 0 Å². The second-order valence-corrected chi connectivity index (χ2v) is 5.93. The van der Waals surface area contributed by atoms with Gasteiger partial charge in [0.25, 0.3) is 0 Å². The average Bonchev–Trinajstić information content (AvgIpc) is 3.12. The van der Waals surface area contributed by atoms with Crippen molar-refractivity contribution in [2.45, 2.75) is 12.3 Å². The van der Waals surface area contributed by atoms with Crippen LogP contribution in [0.1, 0.15) is 17.0 Å². The van der Waals surface area contributed by atoms with Crippen molar-refractivity contribution in [3.05, 3.63) is 29.3 Å². The summed E-state index contributed by atoms with van der Waals surface area (Å²) in [6.45, 7) is 0.401. The van der Waals surface area contributed by atoms with Crippen LogP contribution in [0.4, 0.5) is 0 Å². The summed E-state index contributed by atoms with van der Waals surface area (Å²) in [7, 11) is 3.04. The van der Waals surface area contributed by atoms with E-state index in [4.69, 9.17) is 23.7 Å². The second-order valence-electron chi connectivity index (χ2n) is 5.93. The molecule has 2 heterocycles. The molecule has 0 saturated heterocycles. The molecule has 0 radical (unpaired) electrons. The number of phenols is 2. The predicted molar refractivity (Wildman–Crippen MR) is 87.4 cm³/mol. The minimum Gasteiger partial charge on any atom is -0.504 e. The van der Waals surface area contributed by atoms with E-state index in [1.54, 1.807) is 25.3 Å². The van der Waals surface area contributed by atoms with Gasteiger partial charge in [0.15, 0.2) is 23.0 Å². The van der Waals surface area contributed by atoms with E-state index in [0.717, 1.165) is 5.56 Å². The molecule has 4 rings (SSSR count). The van der Waals surface area contributed by atoms with Crippen LogP contribution in [0.5, 0.6) is 40.2 Å². The van der Waals surface area contributed by atoms with Gasteiger partial charge in [-0.3, -0.25) is 0 Å². The molecule has 0 aliphatic carbocycles. The average molecular weight is 346 g/mol. The van der Waals surface area contributed by atoms with Crippen LogP contribution in [0.2, 0.25) is 0 Å². The molecule has 2 aliphatic rings. The third-order valence-electron chi connectivity index (χ3n) is 4.54. The fraction of sp³-hybridized carbons (Fsp3) is 0.333. The Hall–Kier alpha value is -2.96. The standard InChI is InChI=1S/C18H18O7/c1-21-14-4-9-3-10(7-23-13(9)6-12(14)19)11-5-15(22-2)17-18(16(11)20)25-8-24-17/h4-6,10,19-20H,3,7-8H2,1-2H3/t10-/m0/s1. The zero-order valence-electron chi connectivity index (χ0n) is 13.9. The predicted octanol–water partition coefficient (Wildman–Crippen LogP) is 2.56. The van der Waals surface area contributed by atoms with E-state index < -0.39 is 0 Å². The van der Waals surface area contributed by atoms with Gasteiger partial charge in [0.2, 0.25) is 18.3 Å². The summed E-state index contributed by atoms with van der Waals surface area (Å²) in [5.74, 6) is 2.18. The minimum absolute atomic E-state index is 0.0345. The van der Waals surface area contributed by atoms with Gasteiger partial charge in [-0.1, -0.05) is 0 Å². The van der Waals surface area contributed by atoms with Gasteiger partial charge >= 0.3 is 0 Å². The summed E-state index contributed by atoms with van der Waals surface area (Å²) in [4.78, 5) is 0. The monoisotopic (exact) mass is 346 g/mol. The Morgan fingerprint density at radius 3 is 2.48 bits per heavy atom. The molecule has 0 aromatic heterocycles. The lowest BCUT2D eigenvalue weighted by Gasteiger charge is -2.27. The Morgan fingerprint density at radius 2 is 1.72 bits per heavy atom. The fourth-order valence-electron chi connectivity index (χ4n) is 3.27. The van der Waals surface area contributed by atoms with E-state index in [-0.39, 0.29) is 24.2 Å². The van der Waals surface area contributed by atoms with Gasteiger partial charge in [0, 0.05) is 17.5 Å². The van der Waals surface area contributed by atoms with Gasteiger partial charge in [-0.05, 0) is 24.1 Å². The smallest absolute Gasteiger partial charge is 0.231 e. The Labute approximate surface area is 144 Å². The Balaban J connectivity index is 1.73. The molecule has 7 nitrogen and oxygen atoms in total. The zero-order valence-corrected chi connectivity index (χ0v) is 13.9. The minimum atomic E-state index is -0.106. The number of rotatable bonds is 3. The van der Waals surface area contributed by atoms with Crippen molar-refractivity contribution in [1.29, 1.82) is 0 Å². The number of aromatic hydroxyl groups is 2. The first-order valence-electron chi connectivity index (χ1n) is 7.84. The van der Waals surface area contributed by atoms with Crippen LogP contribution < -0.4 is 23.7 Å². The topological polar surface area (TPSA) is 86.6 Å². The third-order valence-corrected chi connectivity index (χ3v) is 4.54. The van der Waals surface area contributed by atoms with Gasteiger partial charge in [0.05, 0.1) is 20.8 Å². The summed E-state index contributed by atoms with van der Waals surface area (Å²) in [5, 5.41) is 20.5. The van der Waals surface area contributed by atoms with Crippen molar-refractivity contribution in [3.63, 3.8) is 0 Å². The van der Waals surface area contributed by atoms with Crippen LogP contribution in [-0.4, -0.2) is 37.8 Å². The first-order valence-corrected chi connectivity index (χ1v) is 7.84. The maximum Gasteiger partial charge on any atom is 0.231 e. The second kappa shape index (κ2) is 5.84. The van der Waals surface area contributed by atoms with Crippen LogP contribution in [0.25, 0.3) is 0 Å². The van der Waals surface area contributed by atoms with Crippen LogP contribution >= 0.6 is 0 Å². The highest BCUT2D eigenvalue weighted by Gasteiger charge is 2.31. The fourth-order valence-corrected chi connectivity index (χ4v) is 3.27. The van der Waals surface area contributed by atoms with Gasteiger partial charge in [-0.15, -0.1) is 0 Å². The lowest BCUT2D eigenvalue weighted by Crippen LogP contribution is -2.19. The molecule has 2 N–H and O–H groups in total. The lowest BCUT2D eigenvalue weighted by molar-refractivity contribution is 0.168. The van der Waals surface area contributed by atoms with Crippen molar-refractivity contribution in [2.24, 2.45) is 0 Å². The van der Waals surface area contributed by atoms with Gasteiger partial charge in [-0.2, -0.15) is 0 Å². The summed E-state index contributed by atoms with van der Waals surface area (Å²) in [6.07, 6.45) is 0.613. The first-order chi connectivity index (χ1) is 12.1. The largest absolute Gasteiger partial charge is 0.504 e. The van der Waals surface area contributed by atoms with Gasteiger partial charge in [0.1, 0.15) is 5.75 Å². The highest BCUT2D eigenvalue weighted by molar-refractivity contribution is 5.64. The van der Waals surface area contributed by atoms with E-state index >= 15 is 0 Å². The van der Waals surface area contributed by atoms with E-state index in [1.807, 2.05) is 0 Å². The van der Waals surface area contributed by atoms with Crippen LogP contribution in [0.15, 0.2) is 18.2 Å². The van der Waals surface area contributed by atoms with E-state index in [9.17, 15) is 10.2 Å². The number of fused-ring (bicyclic) bond motifs is 2. The molecule has 0 spiro atoms. The number of ether oxygens (including phenoxy) is 5. The summed E-state index contributed by atoms with van der Waals surface area (Å²) >= 11 is 0. The molecule has 132 valence electrons. The zero-order chi connectivity index (χ0) is 17.6. The molecule has 7 heteroatoms. The molecular weight excluding hydrogens is 328 g/mol. The van der Waals surface area contributed by atoms with Crippen molar-refractivity contribution < 1.29 is 33.9 Å². The van der Waals surface area contributed by atoms with Crippen LogP contribution in [0.3, 0.4) is 0 Å². The maximum atomic E-state index is 10.6. The van der Waals surface area contributed by atoms with Crippen LogP contribution in [-0.2, 0) is 6.42 Å². The Kier molecular flexibility index (Phi) is 3.63. The van der Waals surface area contributed by atoms with Crippen molar-refractivity contribution in [1.82, 2.24) is 0 Å². The summed E-state index contributed by atoms with van der Waals surface area (Å²) in [5.41, 5.74) is 1.56. The normalized spacial score (nSPS) is 17.6. The quantitative estimate of drug-likeness (QED) is 0.883. The number of hydrogen-bond acceptors (Lipinski definition) is 7. The molecule has 2 aromatic rings. The molecular formula is C18H18O7.